The van der Waals surface area contributed by atoms with Crippen molar-refractivity contribution in [3.05, 3.63) is 88.9 Å². The number of carbonyl (C=O) groups excluding carboxylic acids is 1. The summed E-state index contributed by atoms with van der Waals surface area (Å²) in [6.07, 6.45) is 3.34. The number of halogens is 2. The smallest absolute Gasteiger partial charge is 0.291 e. The standard InChI is InChI=1S/C23H13Cl2N3O3/c24-16-3-1-2-15(21(16)25)18-6-7-20(30-18)22(29)27-14-4-5-19-17(12-14)28-23(31-19)13-8-10-26-11-9-13/h1-12H,(H,27,29). The van der Waals surface area contributed by atoms with Crippen molar-refractivity contribution < 1.29 is 13.6 Å². The predicted octanol–water partition coefficient (Wildman–Crippen LogP) is 6.71. The lowest BCUT2D eigenvalue weighted by Gasteiger charge is -2.04. The number of pyridine rings is 1. The molecule has 0 aliphatic heterocycles. The van der Waals surface area contributed by atoms with Crippen LogP contribution in [-0.2, 0) is 0 Å². The Morgan fingerprint density at radius 3 is 2.61 bits per heavy atom. The van der Waals surface area contributed by atoms with Gasteiger partial charge in [0.25, 0.3) is 5.91 Å². The lowest BCUT2D eigenvalue weighted by molar-refractivity contribution is 0.0997. The van der Waals surface area contributed by atoms with Gasteiger partial charge in [0.15, 0.2) is 11.3 Å². The molecule has 0 radical (unpaired) electrons. The number of amides is 1. The highest BCUT2D eigenvalue weighted by Crippen LogP contribution is 2.34. The van der Waals surface area contributed by atoms with Gasteiger partial charge in [0.05, 0.1) is 10.0 Å². The topological polar surface area (TPSA) is 81.2 Å². The fourth-order valence-corrected chi connectivity index (χ4v) is 3.51. The van der Waals surface area contributed by atoms with Crippen LogP contribution in [0.1, 0.15) is 10.6 Å². The van der Waals surface area contributed by atoms with Crippen molar-refractivity contribution in [1.29, 1.82) is 0 Å². The molecular formula is C23H13Cl2N3O3. The van der Waals surface area contributed by atoms with Gasteiger partial charge in [0, 0.05) is 29.2 Å². The molecule has 0 unspecified atom stereocenters. The van der Waals surface area contributed by atoms with Gasteiger partial charge in [-0.3, -0.25) is 9.78 Å². The highest BCUT2D eigenvalue weighted by molar-refractivity contribution is 6.43. The first-order chi connectivity index (χ1) is 15.1. The quantitative estimate of drug-likeness (QED) is 0.329. The molecule has 1 N–H and O–H groups in total. The van der Waals surface area contributed by atoms with E-state index in [0.717, 1.165) is 5.56 Å². The summed E-state index contributed by atoms with van der Waals surface area (Å²) in [7, 11) is 0. The van der Waals surface area contributed by atoms with Crippen LogP contribution >= 0.6 is 23.2 Å². The number of nitrogens with one attached hydrogen (secondary N) is 1. The number of benzene rings is 2. The van der Waals surface area contributed by atoms with E-state index in [1.807, 2.05) is 12.1 Å². The summed E-state index contributed by atoms with van der Waals surface area (Å²) in [5.41, 5.74) is 3.22. The van der Waals surface area contributed by atoms with E-state index in [0.29, 0.717) is 44.0 Å². The number of aromatic nitrogens is 2. The molecule has 5 aromatic rings. The monoisotopic (exact) mass is 449 g/mol. The molecule has 152 valence electrons. The summed E-state index contributed by atoms with van der Waals surface area (Å²) < 4.78 is 11.5. The maximum Gasteiger partial charge on any atom is 0.291 e. The minimum atomic E-state index is -0.401. The van der Waals surface area contributed by atoms with Gasteiger partial charge in [-0.15, -0.1) is 0 Å². The molecule has 3 heterocycles. The van der Waals surface area contributed by atoms with Gasteiger partial charge >= 0.3 is 0 Å². The number of hydrogen-bond acceptors (Lipinski definition) is 5. The van der Waals surface area contributed by atoms with Crippen molar-refractivity contribution >= 4 is 45.9 Å². The van der Waals surface area contributed by atoms with Gasteiger partial charge in [-0.2, -0.15) is 0 Å². The lowest BCUT2D eigenvalue weighted by atomic mass is 10.2. The Morgan fingerprint density at radius 1 is 0.935 bits per heavy atom. The zero-order valence-corrected chi connectivity index (χ0v) is 17.3. The number of nitrogens with zero attached hydrogens (tertiary/aromatic N) is 2. The van der Waals surface area contributed by atoms with Gasteiger partial charge < -0.3 is 14.2 Å². The van der Waals surface area contributed by atoms with Crippen LogP contribution in [0.25, 0.3) is 33.9 Å². The van der Waals surface area contributed by atoms with Crippen LogP contribution in [0.5, 0.6) is 0 Å². The Bertz CT molecular complexity index is 1410. The molecule has 6 nitrogen and oxygen atoms in total. The van der Waals surface area contributed by atoms with Crippen LogP contribution in [-0.4, -0.2) is 15.9 Å². The van der Waals surface area contributed by atoms with Crippen LogP contribution in [0.15, 0.2) is 81.9 Å². The van der Waals surface area contributed by atoms with Crippen LogP contribution in [0.2, 0.25) is 10.0 Å². The number of fused-ring (bicyclic) bond motifs is 1. The zero-order chi connectivity index (χ0) is 21.4. The average Bonchev–Trinajstić information content (AvgIpc) is 3.43. The van der Waals surface area contributed by atoms with E-state index in [1.165, 1.54) is 0 Å². The summed E-state index contributed by atoms with van der Waals surface area (Å²) in [4.78, 5) is 21.1. The van der Waals surface area contributed by atoms with Gasteiger partial charge in [-0.1, -0.05) is 29.3 Å². The molecule has 0 saturated heterocycles. The second-order valence-corrected chi connectivity index (χ2v) is 7.44. The third-order valence-corrected chi connectivity index (χ3v) is 5.44. The maximum absolute atomic E-state index is 12.7. The van der Waals surface area contributed by atoms with Gasteiger partial charge in [-0.25, -0.2) is 4.98 Å². The van der Waals surface area contributed by atoms with Crippen LogP contribution in [0.4, 0.5) is 5.69 Å². The van der Waals surface area contributed by atoms with E-state index in [4.69, 9.17) is 32.0 Å². The minimum absolute atomic E-state index is 0.142. The Hall–Kier alpha value is -3.61. The molecule has 8 heteroatoms. The molecule has 0 saturated carbocycles. The summed E-state index contributed by atoms with van der Waals surface area (Å²) in [6.45, 7) is 0. The van der Waals surface area contributed by atoms with E-state index in [1.54, 1.807) is 60.9 Å². The van der Waals surface area contributed by atoms with E-state index in [2.05, 4.69) is 15.3 Å². The highest BCUT2D eigenvalue weighted by atomic mass is 35.5. The summed E-state index contributed by atoms with van der Waals surface area (Å²) in [5, 5.41) is 3.59. The van der Waals surface area contributed by atoms with E-state index >= 15 is 0 Å². The first kappa shape index (κ1) is 19.4. The molecule has 5 rings (SSSR count). The Morgan fingerprint density at radius 2 is 1.77 bits per heavy atom. The lowest BCUT2D eigenvalue weighted by Crippen LogP contribution is -2.10. The third kappa shape index (κ3) is 3.79. The molecule has 1 amide bonds. The summed E-state index contributed by atoms with van der Waals surface area (Å²) in [5.74, 6) is 0.673. The molecule has 0 bridgehead atoms. The SMILES string of the molecule is O=C(Nc1ccc2oc(-c3ccncc3)nc2c1)c1ccc(-c2cccc(Cl)c2Cl)o1. The minimum Gasteiger partial charge on any atom is -0.451 e. The summed E-state index contributed by atoms with van der Waals surface area (Å²) >= 11 is 12.3. The molecule has 31 heavy (non-hydrogen) atoms. The highest BCUT2D eigenvalue weighted by Gasteiger charge is 2.16. The Labute approximate surface area is 186 Å². The number of carbonyl (C=O) groups is 1. The van der Waals surface area contributed by atoms with Crippen molar-refractivity contribution in [2.45, 2.75) is 0 Å². The molecule has 2 aromatic carbocycles. The van der Waals surface area contributed by atoms with Crippen LogP contribution < -0.4 is 5.32 Å². The van der Waals surface area contributed by atoms with Crippen molar-refractivity contribution in [3.8, 4) is 22.8 Å². The fourth-order valence-electron chi connectivity index (χ4n) is 3.11. The zero-order valence-electron chi connectivity index (χ0n) is 15.8. The number of hydrogen-bond donors (Lipinski definition) is 1. The molecule has 0 spiro atoms. The normalized spacial score (nSPS) is 11.0. The molecule has 0 aliphatic carbocycles. The number of furan rings is 1. The molecule has 3 aromatic heterocycles. The second kappa shape index (κ2) is 7.91. The molecule has 0 fully saturated rings. The van der Waals surface area contributed by atoms with Crippen molar-refractivity contribution in [2.75, 3.05) is 5.32 Å². The fraction of sp³-hybridized carbons (Fsp3) is 0. The molecular weight excluding hydrogens is 437 g/mol. The van der Waals surface area contributed by atoms with Gasteiger partial charge in [0.2, 0.25) is 5.89 Å². The Balaban J connectivity index is 1.38. The number of oxazole rings is 1. The van der Waals surface area contributed by atoms with Crippen molar-refractivity contribution in [1.82, 2.24) is 9.97 Å². The van der Waals surface area contributed by atoms with Crippen LogP contribution in [0.3, 0.4) is 0 Å². The molecule has 0 aliphatic rings. The average molecular weight is 450 g/mol. The van der Waals surface area contributed by atoms with E-state index in [-0.39, 0.29) is 5.76 Å². The van der Waals surface area contributed by atoms with Crippen LogP contribution in [0, 0.1) is 0 Å². The summed E-state index contributed by atoms with van der Waals surface area (Å²) in [6, 6.07) is 17.3. The second-order valence-electron chi connectivity index (χ2n) is 6.66. The first-order valence-electron chi connectivity index (χ1n) is 9.25. The molecule has 0 atom stereocenters. The largest absolute Gasteiger partial charge is 0.451 e. The first-order valence-corrected chi connectivity index (χ1v) is 10.0. The predicted molar refractivity (Wildman–Crippen MR) is 119 cm³/mol. The Kier molecular flexibility index (Phi) is 4.94. The van der Waals surface area contributed by atoms with E-state index < -0.39 is 5.91 Å². The van der Waals surface area contributed by atoms with E-state index in [9.17, 15) is 4.79 Å². The van der Waals surface area contributed by atoms with Gasteiger partial charge in [0.1, 0.15) is 11.3 Å². The maximum atomic E-state index is 12.7. The van der Waals surface area contributed by atoms with Gasteiger partial charge in [-0.05, 0) is 54.6 Å². The number of anilines is 1. The number of rotatable bonds is 4. The third-order valence-electron chi connectivity index (χ3n) is 4.62. The van der Waals surface area contributed by atoms with Crippen molar-refractivity contribution in [2.24, 2.45) is 0 Å². The van der Waals surface area contributed by atoms with Crippen molar-refractivity contribution in [3.63, 3.8) is 0 Å².